The molecule has 1 N–H and O–H groups in total. The van der Waals surface area contributed by atoms with E-state index in [0.29, 0.717) is 12.8 Å². The van der Waals surface area contributed by atoms with Crippen molar-refractivity contribution >= 4 is 11.8 Å². The van der Waals surface area contributed by atoms with Crippen LogP contribution in [-0.2, 0) is 16.6 Å². The van der Waals surface area contributed by atoms with Gasteiger partial charge < -0.3 is 14.8 Å². The minimum Gasteiger partial charge on any atom is -0.353 e. The van der Waals surface area contributed by atoms with Crippen molar-refractivity contribution in [3.63, 3.8) is 0 Å². The van der Waals surface area contributed by atoms with Gasteiger partial charge in [-0.1, -0.05) is 12.8 Å². The molecule has 2 fully saturated rings. The van der Waals surface area contributed by atoms with Crippen LogP contribution in [0.1, 0.15) is 50.3 Å². The third kappa shape index (κ3) is 2.82. The number of nitrogens with one attached hydrogen (secondary N) is 1. The number of aromatic nitrogens is 1. The molecule has 21 heavy (non-hydrogen) atoms. The molecule has 2 atom stereocenters. The lowest BCUT2D eigenvalue weighted by Gasteiger charge is -2.32. The second-order valence-corrected chi connectivity index (χ2v) is 6.10. The number of hydrogen-bond donors (Lipinski definition) is 1. The highest BCUT2D eigenvalue weighted by atomic mass is 16.2. The molecule has 1 aromatic heterocycles. The third-order valence-corrected chi connectivity index (χ3v) is 4.65. The van der Waals surface area contributed by atoms with Crippen molar-refractivity contribution in [2.24, 2.45) is 7.05 Å². The molecule has 0 aliphatic carbocycles. The first-order valence-corrected chi connectivity index (χ1v) is 7.88. The molecule has 0 radical (unpaired) electrons. The van der Waals surface area contributed by atoms with Gasteiger partial charge in [0.05, 0.1) is 6.04 Å². The summed E-state index contributed by atoms with van der Waals surface area (Å²) in [6.45, 7) is 0.793. The van der Waals surface area contributed by atoms with Crippen molar-refractivity contribution < 1.29 is 9.59 Å². The minimum atomic E-state index is -0.321. The van der Waals surface area contributed by atoms with E-state index >= 15 is 0 Å². The zero-order chi connectivity index (χ0) is 14.8. The lowest BCUT2D eigenvalue weighted by Crippen LogP contribution is -2.46. The van der Waals surface area contributed by atoms with Gasteiger partial charge in [-0.3, -0.25) is 9.59 Å². The average Bonchev–Trinajstić information content (AvgIpc) is 3.00. The van der Waals surface area contributed by atoms with E-state index in [4.69, 9.17) is 0 Å². The van der Waals surface area contributed by atoms with Gasteiger partial charge in [0, 0.05) is 31.9 Å². The molecule has 5 nitrogen and oxygen atoms in total. The number of amides is 2. The Hall–Kier alpha value is -1.78. The molecule has 1 aromatic rings. The quantitative estimate of drug-likeness (QED) is 0.902. The molecular formula is C16H23N3O2. The molecule has 0 aromatic carbocycles. The van der Waals surface area contributed by atoms with Crippen LogP contribution < -0.4 is 5.32 Å². The summed E-state index contributed by atoms with van der Waals surface area (Å²) in [6, 6.07) is 3.94. The highest BCUT2D eigenvalue weighted by Gasteiger charge is 2.35. The number of likely N-dealkylation sites (tertiary alicyclic amines) is 1. The van der Waals surface area contributed by atoms with E-state index in [0.717, 1.165) is 25.8 Å². The van der Waals surface area contributed by atoms with E-state index in [1.807, 2.05) is 24.2 Å². The van der Waals surface area contributed by atoms with Crippen LogP contribution in [0.25, 0.3) is 0 Å². The van der Waals surface area contributed by atoms with Crippen LogP contribution in [-0.4, -0.2) is 33.9 Å². The Bertz CT molecular complexity index is 537. The number of carbonyl (C=O) groups is 2. The monoisotopic (exact) mass is 289 g/mol. The Morgan fingerprint density at radius 2 is 2.14 bits per heavy atom. The molecule has 0 saturated carbocycles. The zero-order valence-corrected chi connectivity index (χ0v) is 12.5. The van der Waals surface area contributed by atoms with Crippen molar-refractivity contribution in [1.82, 2.24) is 14.8 Å². The number of hydrogen-bond acceptors (Lipinski definition) is 2. The predicted molar refractivity (Wildman–Crippen MR) is 79.5 cm³/mol. The van der Waals surface area contributed by atoms with Gasteiger partial charge in [-0.2, -0.15) is 0 Å². The van der Waals surface area contributed by atoms with Crippen LogP contribution in [0.2, 0.25) is 0 Å². The largest absolute Gasteiger partial charge is 0.353 e. The Balaban J connectivity index is 1.83. The van der Waals surface area contributed by atoms with Gasteiger partial charge in [0.2, 0.25) is 11.8 Å². The lowest BCUT2D eigenvalue weighted by atomic mass is 10.1. The predicted octanol–water partition coefficient (Wildman–Crippen LogP) is 1.75. The first kappa shape index (κ1) is 14.2. The fourth-order valence-electron chi connectivity index (χ4n) is 3.50. The first-order chi connectivity index (χ1) is 10.2. The molecule has 114 valence electrons. The number of nitrogens with zero attached hydrogens (tertiary/aromatic N) is 2. The number of aryl methyl sites for hydroxylation is 1. The molecule has 5 heteroatoms. The van der Waals surface area contributed by atoms with Gasteiger partial charge in [-0.15, -0.1) is 0 Å². The maximum atomic E-state index is 12.8. The maximum absolute atomic E-state index is 12.8. The molecule has 3 rings (SSSR count). The standard InChI is InChI=1S/C16H23N3O2/c1-18-10-5-7-13(18)14-6-3-2-4-11-19(14)16(21)12-8-9-15(20)17-12/h5,7,10,12,14H,2-4,6,8-9,11H2,1H3,(H,17,20)/t12-,14-/m0/s1. The van der Waals surface area contributed by atoms with Gasteiger partial charge in [0.1, 0.15) is 6.04 Å². The molecular weight excluding hydrogens is 266 g/mol. The molecule has 2 aliphatic heterocycles. The van der Waals surface area contributed by atoms with E-state index < -0.39 is 0 Å². The van der Waals surface area contributed by atoms with Crippen molar-refractivity contribution in [2.75, 3.05) is 6.54 Å². The normalized spacial score (nSPS) is 26.5. The Morgan fingerprint density at radius 3 is 2.81 bits per heavy atom. The van der Waals surface area contributed by atoms with E-state index in [1.165, 1.54) is 12.1 Å². The highest BCUT2D eigenvalue weighted by Crippen LogP contribution is 2.31. The van der Waals surface area contributed by atoms with Gasteiger partial charge in [0.15, 0.2) is 0 Å². The van der Waals surface area contributed by atoms with E-state index in [-0.39, 0.29) is 23.9 Å². The summed E-state index contributed by atoms with van der Waals surface area (Å²) in [5, 5.41) is 2.81. The topological polar surface area (TPSA) is 54.3 Å². The van der Waals surface area contributed by atoms with E-state index in [9.17, 15) is 9.59 Å². The van der Waals surface area contributed by atoms with Gasteiger partial charge in [-0.25, -0.2) is 0 Å². The minimum absolute atomic E-state index is 0.00131. The summed E-state index contributed by atoms with van der Waals surface area (Å²) < 4.78 is 2.10. The van der Waals surface area contributed by atoms with Crippen LogP contribution in [0.15, 0.2) is 18.3 Å². The van der Waals surface area contributed by atoms with E-state index in [2.05, 4.69) is 16.0 Å². The Labute approximate surface area is 125 Å². The summed E-state index contributed by atoms with van der Waals surface area (Å²) in [5.41, 5.74) is 1.19. The summed E-state index contributed by atoms with van der Waals surface area (Å²) in [7, 11) is 2.03. The van der Waals surface area contributed by atoms with Crippen molar-refractivity contribution in [3.8, 4) is 0 Å². The maximum Gasteiger partial charge on any atom is 0.245 e. The van der Waals surface area contributed by atoms with Gasteiger partial charge in [0.25, 0.3) is 0 Å². The zero-order valence-electron chi connectivity index (χ0n) is 12.5. The Morgan fingerprint density at radius 1 is 1.29 bits per heavy atom. The summed E-state index contributed by atoms with van der Waals surface area (Å²) >= 11 is 0. The lowest BCUT2D eigenvalue weighted by molar-refractivity contribution is -0.136. The summed E-state index contributed by atoms with van der Waals surface area (Å²) in [6.07, 6.45) is 7.50. The van der Waals surface area contributed by atoms with Crippen molar-refractivity contribution in [1.29, 1.82) is 0 Å². The van der Waals surface area contributed by atoms with E-state index in [1.54, 1.807) is 0 Å². The highest BCUT2D eigenvalue weighted by molar-refractivity contribution is 5.91. The fourth-order valence-corrected chi connectivity index (χ4v) is 3.50. The summed E-state index contributed by atoms with van der Waals surface area (Å²) in [5.74, 6) is 0.0903. The molecule has 3 heterocycles. The molecule has 0 unspecified atom stereocenters. The van der Waals surface area contributed by atoms with Gasteiger partial charge in [-0.05, 0) is 31.4 Å². The average molecular weight is 289 g/mol. The first-order valence-electron chi connectivity index (χ1n) is 7.88. The van der Waals surface area contributed by atoms with Crippen LogP contribution in [0.5, 0.6) is 0 Å². The third-order valence-electron chi connectivity index (χ3n) is 4.65. The second kappa shape index (κ2) is 5.92. The fraction of sp³-hybridized carbons (Fsp3) is 0.625. The molecule has 0 spiro atoms. The summed E-state index contributed by atoms with van der Waals surface area (Å²) in [4.78, 5) is 26.2. The smallest absolute Gasteiger partial charge is 0.245 e. The van der Waals surface area contributed by atoms with Crippen molar-refractivity contribution in [2.45, 2.75) is 50.6 Å². The molecule has 0 bridgehead atoms. The van der Waals surface area contributed by atoms with Crippen LogP contribution in [0.3, 0.4) is 0 Å². The van der Waals surface area contributed by atoms with Crippen LogP contribution in [0.4, 0.5) is 0 Å². The second-order valence-electron chi connectivity index (χ2n) is 6.10. The van der Waals surface area contributed by atoms with Gasteiger partial charge >= 0.3 is 0 Å². The Kier molecular flexibility index (Phi) is 3.99. The van der Waals surface area contributed by atoms with Crippen LogP contribution >= 0.6 is 0 Å². The number of carbonyl (C=O) groups excluding carboxylic acids is 2. The van der Waals surface area contributed by atoms with Crippen LogP contribution in [0, 0.1) is 0 Å². The molecule has 2 saturated heterocycles. The molecule has 2 amide bonds. The molecule has 2 aliphatic rings. The number of rotatable bonds is 2. The van der Waals surface area contributed by atoms with Crippen molar-refractivity contribution in [3.05, 3.63) is 24.0 Å². The SMILES string of the molecule is Cn1cccc1[C@@H]1CCCCCN1C(=O)[C@@H]1CCC(=O)N1.